The Bertz CT molecular complexity index is 707. The lowest BCUT2D eigenvalue weighted by molar-refractivity contribution is -0.0985. The number of nitrogens with two attached hydrogens (primary N) is 1. The minimum Gasteiger partial charge on any atom is -0.387 e. The third-order valence-electron chi connectivity index (χ3n) is 3.28. The van der Waals surface area contributed by atoms with E-state index in [0.717, 1.165) is 16.8 Å². The fourth-order valence-corrected chi connectivity index (χ4v) is 2.53. The van der Waals surface area contributed by atoms with Gasteiger partial charge >= 0.3 is 13.4 Å². The van der Waals surface area contributed by atoms with E-state index in [9.17, 15) is 24.4 Å². The van der Waals surface area contributed by atoms with Gasteiger partial charge in [0.1, 0.15) is 17.8 Å². The molecule has 0 saturated carbocycles. The van der Waals surface area contributed by atoms with Gasteiger partial charge in [0.15, 0.2) is 6.23 Å². The Morgan fingerprint density at radius 3 is 2.77 bits per heavy atom. The zero-order valence-corrected chi connectivity index (χ0v) is 12.3. The number of aliphatic hydroxyl groups excluding tert-OH is 1. The number of rotatable bonds is 4. The number of nitrogens with zero attached hydrogens (tertiary/aromatic N) is 1. The lowest BCUT2D eigenvalue weighted by Crippen LogP contribution is -2.46. The molecule has 2 unspecified atom stereocenters. The van der Waals surface area contributed by atoms with Gasteiger partial charge in [-0.2, -0.15) is 0 Å². The number of ether oxygens (including phenoxy) is 1. The zero-order chi connectivity index (χ0) is 16.7. The van der Waals surface area contributed by atoms with Gasteiger partial charge in [-0.3, -0.25) is 18.9 Å². The van der Waals surface area contributed by atoms with Gasteiger partial charge in [0, 0.05) is 12.3 Å². The molecular formula is C10H16N3O8P. The Morgan fingerprint density at radius 1 is 1.59 bits per heavy atom. The Balaban J connectivity index is 2.28. The van der Waals surface area contributed by atoms with Gasteiger partial charge in [-0.1, -0.05) is 0 Å². The summed E-state index contributed by atoms with van der Waals surface area (Å²) < 4.78 is 21.6. The van der Waals surface area contributed by atoms with Crippen molar-refractivity contribution in [3.05, 3.63) is 33.1 Å². The van der Waals surface area contributed by atoms with Gasteiger partial charge < -0.3 is 19.8 Å². The second-order valence-electron chi connectivity index (χ2n) is 5.07. The lowest BCUT2D eigenvalue weighted by Gasteiger charge is -2.27. The molecule has 1 aliphatic rings. The highest BCUT2D eigenvalue weighted by Crippen LogP contribution is 2.39. The third kappa shape index (κ3) is 3.36. The molecule has 5 atom stereocenters. The van der Waals surface area contributed by atoms with Crippen LogP contribution in [-0.2, 0) is 13.8 Å². The van der Waals surface area contributed by atoms with Crippen molar-refractivity contribution < 1.29 is 28.9 Å². The molecule has 1 saturated heterocycles. The van der Waals surface area contributed by atoms with Crippen LogP contribution in [0, 0.1) is 0 Å². The average Bonchev–Trinajstić information content (AvgIpc) is 2.59. The molecule has 0 amide bonds. The van der Waals surface area contributed by atoms with Crippen LogP contribution in [0.5, 0.6) is 0 Å². The summed E-state index contributed by atoms with van der Waals surface area (Å²) in [5.74, 6) is 0. The van der Waals surface area contributed by atoms with Crippen molar-refractivity contribution in [2.45, 2.75) is 31.0 Å². The molecule has 1 aromatic rings. The van der Waals surface area contributed by atoms with Crippen LogP contribution >= 0.6 is 7.75 Å². The Hall–Kier alpha value is -1.33. The van der Waals surface area contributed by atoms with E-state index in [1.165, 1.54) is 6.92 Å². The summed E-state index contributed by atoms with van der Waals surface area (Å²) in [7, 11) is -4.28. The predicted octanol–water partition coefficient (Wildman–Crippen LogP) is -2.38. The second kappa shape index (κ2) is 5.70. The highest BCUT2D eigenvalue weighted by atomic mass is 31.2. The number of nitrogens with one attached hydrogen (secondary N) is 1. The van der Waals surface area contributed by atoms with Crippen LogP contribution in [0.4, 0.5) is 0 Å². The molecule has 12 heteroatoms. The molecule has 0 bridgehead atoms. The Kier molecular flexibility index (Phi) is 4.42. The molecular weight excluding hydrogens is 321 g/mol. The molecule has 11 nitrogen and oxygen atoms in total. The lowest BCUT2D eigenvalue weighted by atomic mass is 9.96. The fourth-order valence-electron chi connectivity index (χ4n) is 2.17. The van der Waals surface area contributed by atoms with E-state index in [4.69, 9.17) is 15.1 Å². The summed E-state index contributed by atoms with van der Waals surface area (Å²) in [5.41, 5.74) is 1.41. The maximum absolute atomic E-state index is 11.7. The van der Waals surface area contributed by atoms with Crippen LogP contribution in [0.25, 0.3) is 0 Å². The highest BCUT2D eigenvalue weighted by Gasteiger charge is 2.53. The molecule has 124 valence electrons. The maximum atomic E-state index is 11.7. The number of hydrogen-bond donors (Lipinski definition) is 5. The summed E-state index contributed by atoms with van der Waals surface area (Å²) in [6, 6.07) is 1.04. The van der Waals surface area contributed by atoms with Gasteiger partial charge in [-0.25, -0.2) is 14.9 Å². The largest absolute Gasteiger partial charge is 0.400 e. The highest BCUT2D eigenvalue weighted by molar-refractivity contribution is 7.50. The first-order valence-corrected chi connectivity index (χ1v) is 7.80. The smallest absolute Gasteiger partial charge is 0.387 e. The first-order chi connectivity index (χ1) is 10.0. The molecule has 22 heavy (non-hydrogen) atoms. The molecule has 1 fully saturated rings. The molecule has 1 aliphatic heterocycles. The summed E-state index contributed by atoms with van der Waals surface area (Å²) in [6.07, 6.45) is -2.97. The minimum absolute atomic E-state index is 0.573. The third-order valence-corrected chi connectivity index (χ3v) is 3.80. The van der Waals surface area contributed by atoms with Crippen LogP contribution < -0.4 is 16.8 Å². The second-order valence-corrected chi connectivity index (χ2v) is 6.46. The fraction of sp³-hybridized carbons (Fsp3) is 0.600. The number of H-pyrrole nitrogens is 1. The SMILES string of the molecule is C[C@@]1(O)C(O)[C@@H](COP(N)(=O)O)O[C@H]1n1ccc(=O)[nH]c1=O. The normalized spacial score (nSPS) is 34.5. The van der Waals surface area contributed by atoms with E-state index < -0.39 is 49.6 Å². The molecule has 2 rings (SSSR count). The summed E-state index contributed by atoms with van der Waals surface area (Å²) in [5, 5.41) is 20.4. The predicted molar refractivity (Wildman–Crippen MR) is 71.8 cm³/mol. The van der Waals surface area contributed by atoms with Crippen molar-refractivity contribution >= 4 is 7.75 Å². The summed E-state index contributed by atoms with van der Waals surface area (Å²) in [6.45, 7) is 0.636. The van der Waals surface area contributed by atoms with Crippen molar-refractivity contribution in [2.24, 2.45) is 5.50 Å². The monoisotopic (exact) mass is 337 g/mol. The zero-order valence-electron chi connectivity index (χ0n) is 11.4. The van der Waals surface area contributed by atoms with E-state index in [1.807, 2.05) is 4.98 Å². The van der Waals surface area contributed by atoms with E-state index in [1.54, 1.807) is 0 Å². The average molecular weight is 337 g/mol. The number of aromatic nitrogens is 2. The first-order valence-electron chi connectivity index (χ1n) is 6.15. The van der Waals surface area contributed by atoms with Gasteiger partial charge in [-0.15, -0.1) is 0 Å². The molecule has 2 heterocycles. The van der Waals surface area contributed by atoms with Gasteiger partial charge in [0.05, 0.1) is 6.61 Å². The Labute approximate surface area is 123 Å². The topological polar surface area (TPSA) is 177 Å². The van der Waals surface area contributed by atoms with E-state index in [0.29, 0.717) is 0 Å². The number of aromatic amines is 1. The van der Waals surface area contributed by atoms with Crippen LogP contribution in [0.15, 0.2) is 21.9 Å². The van der Waals surface area contributed by atoms with Crippen LogP contribution in [0.1, 0.15) is 13.2 Å². The molecule has 6 N–H and O–H groups in total. The van der Waals surface area contributed by atoms with Crippen LogP contribution in [0.3, 0.4) is 0 Å². The number of hydrogen-bond acceptors (Lipinski definition) is 7. The van der Waals surface area contributed by atoms with Gasteiger partial charge in [0.25, 0.3) is 5.56 Å². The van der Waals surface area contributed by atoms with Crippen molar-refractivity contribution in [1.82, 2.24) is 9.55 Å². The van der Waals surface area contributed by atoms with Crippen molar-refractivity contribution in [3.63, 3.8) is 0 Å². The van der Waals surface area contributed by atoms with E-state index >= 15 is 0 Å². The first kappa shape index (κ1) is 17.0. The standard InChI is InChI=1S/C10H16N3O8P/c1-10(17)7(15)5(4-20-22(11,18)19)21-8(10)13-3-2-6(14)12-9(13)16/h2-3,5,7-8,15,17H,4H2,1H3,(H3,11,18,19)(H,12,14,16)/t5-,7?,8-,10-/m1/s1. The Morgan fingerprint density at radius 2 is 2.23 bits per heavy atom. The van der Waals surface area contributed by atoms with Crippen molar-refractivity contribution in [2.75, 3.05) is 6.61 Å². The van der Waals surface area contributed by atoms with E-state index in [2.05, 4.69) is 4.52 Å². The van der Waals surface area contributed by atoms with Crippen LogP contribution in [-0.4, -0.2) is 49.1 Å². The molecule has 1 aromatic heterocycles. The molecule has 0 spiro atoms. The van der Waals surface area contributed by atoms with Crippen molar-refractivity contribution in [3.8, 4) is 0 Å². The summed E-state index contributed by atoms with van der Waals surface area (Å²) >= 11 is 0. The summed E-state index contributed by atoms with van der Waals surface area (Å²) in [4.78, 5) is 33.6. The van der Waals surface area contributed by atoms with Gasteiger partial charge in [0.2, 0.25) is 0 Å². The van der Waals surface area contributed by atoms with Gasteiger partial charge in [-0.05, 0) is 6.92 Å². The molecule has 0 aromatic carbocycles. The quantitative estimate of drug-likeness (QED) is 0.375. The molecule has 0 aliphatic carbocycles. The van der Waals surface area contributed by atoms with Crippen molar-refractivity contribution in [1.29, 1.82) is 0 Å². The maximum Gasteiger partial charge on any atom is 0.400 e. The number of aliphatic hydroxyl groups is 2. The van der Waals surface area contributed by atoms with Crippen LogP contribution in [0.2, 0.25) is 0 Å². The van der Waals surface area contributed by atoms with E-state index in [-0.39, 0.29) is 0 Å². The molecule has 0 radical (unpaired) electrons. The minimum atomic E-state index is -4.28.